The number of aryl methyl sites for hydroxylation is 1. The van der Waals surface area contributed by atoms with Gasteiger partial charge in [0.05, 0.1) is 6.26 Å². The molecule has 2 aromatic heterocycles. The molecule has 4 aromatic rings. The number of aromatic amines is 1. The number of H-pyrrole nitrogens is 1. The van der Waals surface area contributed by atoms with Crippen LogP contribution in [-0.2, 0) is 11.2 Å². The van der Waals surface area contributed by atoms with Crippen LogP contribution in [0.5, 0.6) is 0 Å². The van der Waals surface area contributed by atoms with Crippen LogP contribution in [0.1, 0.15) is 27.4 Å². The van der Waals surface area contributed by atoms with E-state index in [4.69, 9.17) is 4.42 Å². The number of aromatic nitrogens is 1. The molecule has 0 aliphatic carbocycles. The van der Waals surface area contributed by atoms with Crippen LogP contribution in [0.4, 0.5) is 0 Å². The van der Waals surface area contributed by atoms with Gasteiger partial charge in [0.1, 0.15) is 11.5 Å². The van der Waals surface area contributed by atoms with Gasteiger partial charge >= 0.3 is 0 Å². The van der Waals surface area contributed by atoms with Gasteiger partial charge in [0.15, 0.2) is 0 Å². The van der Waals surface area contributed by atoms with E-state index in [1.54, 1.807) is 36.4 Å². The maximum absolute atomic E-state index is 12.9. The SMILES string of the molecule is Cc1[nH]c2ccccc2c1CCNC(=O)/C(=C/c1ccco1)NC(=O)c1ccccc1. The Morgan fingerprint density at radius 2 is 1.77 bits per heavy atom. The molecule has 0 saturated heterocycles. The summed E-state index contributed by atoms with van der Waals surface area (Å²) in [5.41, 5.74) is 3.92. The van der Waals surface area contributed by atoms with Crippen LogP contribution in [0.3, 0.4) is 0 Å². The highest BCUT2D eigenvalue weighted by Crippen LogP contribution is 2.22. The van der Waals surface area contributed by atoms with Crippen molar-refractivity contribution in [2.75, 3.05) is 6.54 Å². The summed E-state index contributed by atoms with van der Waals surface area (Å²) < 4.78 is 5.32. The molecule has 0 bridgehead atoms. The molecule has 6 nitrogen and oxygen atoms in total. The molecule has 0 atom stereocenters. The second-order valence-electron chi connectivity index (χ2n) is 7.17. The highest BCUT2D eigenvalue weighted by Gasteiger charge is 2.16. The van der Waals surface area contributed by atoms with Gasteiger partial charge < -0.3 is 20.0 Å². The van der Waals surface area contributed by atoms with Crippen molar-refractivity contribution < 1.29 is 14.0 Å². The van der Waals surface area contributed by atoms with Gasteiger partial charge in [-0.3, -0.25) is 9.59 Å². The number of para-hydroxylation sites is 1. The maximum atomic E-state index is 12.9. The molecule has 31 heavy (non-hydrogen) atoms. The predicted molar refractivity (Wildman–Crippen MR) is 120 cm³/mol. The second-order valence-corrected chi connectivity index (χ2v) is 7.17. The lowest BCUT2D eigenvalue weighted by molar-refractivity contribution is -0.117. The summed E-state index contributed by atoms with van der Waals surface area (Å²) in [6, 6.07) is 20.3. The molecule has 0 saturated carbocycles. The summed E-state index contributed by atoms with van der Waals surface area (Å²) in [5.74, 6) is -0.259. The number of benzene rings is 2. The second kappa shape index (κ2) is 9.17. The van der Waals surface area contributed by atoms with E-state index in [0.717, 1.165) is 16.6 Å². The zero-order chi connectivity index (χ0) is 21.6. The van der Waals surface area contributed by atoms with E-state index >= 15 is 0 Å². The molecular weight excluding hydrogens is 390 g/mol. The van der Waals surface area contributed by atoms with Crippen molar-refractivity contribution in [3.05, 3.63) is 101 Å². The molecule has 156 valence electrons. The Hall–Kier alpha value is -4.06. The summed E-state index contributed by atoms with van der Waals surface area (Å²) in [5, 5.41) is 6.76. The predicted octanol–water partition coefficient (Wildman–Crippen LogP) is 4.20. The number of amides is 2. The third-order valence-electron chi connectivity index (χ3n) is 5.05. The number of fused-ring (bicyclic) bond motifs is 1. The molecule has 0 radical (unpaired) electrons. The summed E-state index contributed by atoms with van der Waals surface area (Å²) in [6.45, 7) is 2.46. The number of furan rings is 1. The van der Waals surface area contributed by atoms with Crippen LogP contribution in [0.15, 0.2) is 83.1 Å². The molecule has 0 fully saturated rings. The van der Waals surface area contributed by atoms with E-state index in [1.165, 1.54) is 17.9 Å². The molecule has 0 unspecified atom stereocenters. The van der Waals surface area contributed by atoms with Gasteiger partial charge in [0.2, 0.25) is 0 Å². The minimum atomic E-state index is -0.377. The van der Waals surface area contributed by atoms with Crippen molar-refractivity contribution in [2.45, 2.75) is 13.3 Å². The largest absolute Gasteiger partial charge is 0.465 e. The van der Waals surface area contributed by atoms with Crippen LogP contribution in [0.2, 0.25) is 0 Å². The molecule has 0 spiro atoms. The Bertz CT molecular complexity index is 1220. The number of carbonyl (C=O) groups is 2. The monoisotopic (exact) mass is 413 g/mol. The van der Waals surface area contributed by atoms with Crippen molar-refractivity contribution in [1.82, 2.24) is 15.6 Å². The van der Waals surface area contributed by atoms with E-state index in [-0.39, 0.29) is 17.5 Å². The summed E-state index contributed by atoms with van der Waals surface area (Å²) >= 11 is 0. The van der Waals surface area contributed by atoms with Gasteiger partial charge in [-0.05, 0) is 49.2 Å². The molecule has 4 rings (SSSR count). The number of rotatable bonds is 7. The molecule has 3 N–H and O–H groups in total. The van der Waals surface area contributed by atoms with Crippen molar-refractivity contribution >= 4 is 28.8 Å². The van der Waals surface area contributed by atoms with Gasteiger partial charge in [0.25, 0.3) is 11.8 Å². The fourth-order valence-corrected chi connectivity index (χ4v) is 3.51. The summed E-state index contributed by atoms with van der Waals surface area (Å²) in [7, 11) is 0. The first kappa shape index (κ1) is 20.2. The van der Waals surface area contributed by atoms with E-state index in [9.17, 15) is 9.59 Å². The lowest BCUT2D eigenvalue weighted by Crippen LogP contribution is -2.35. The number of nitrogens with one attached hydrogen (secondary N) is 3. The lowest BCUT2D eigenvalue weighted by Gasteiger charge is -2.11. The normalized spacial score (nSPS) is 11.5. The smallest absolute Gasteiger partial charge is 0.267 e. The van der Waals surface area contributed by atoms with Crippen LogP contribution >= 0.6 is 0 Å². The van der Waals surface area contributed by atoms with Crippen LogP contribution in [0, 0.1) is 6.92 Å². The zero-order valence-electron chi connectivity index (χ0n) is 17.1. The van der Waals surface area contributed by atoms with Crippen LogP contribution in [-0.4, -0.2) is 23.3 Å². The first-order valence-electron chi connectivity index (χ1n) is 10.1. The molecule has 6 heteroatoms. The highest BCUT2D eigenvalue weighted by molar-refractivity contribution is 6.05. The van der Waals surface area contributed by atoms with Crippen molar-refractivity contribution in [3.63, 3.8) is 0 Å². The van der Waals surface area contributed by atoms with Crippen LogP contribution in [0.25, 0.3) is 17.0 Å². The van der Waals surface area contributed by atoms with Crippen molar-refractivity contribution in [1.29, 1.82) is 0 Å². The Morgan fingerprint density at radius 1 is 1.00 bits per heavy atom. The zero-order valence-corrected chi connectivity index (χ0v) is 17.1. The van der Waals surface area contributed by atoms with E-state index < -0.39 is 0 Å². The topological polar surface area (TPSA) is 87.1 Å². The third-order valence-corrected chi connectivity index (χ3v) is 5.05. The van der Waals surface area contributed by atoms with Gasteiger partial charge in [-0.2, -0.15) is 0 Å². The van der Waals surface area contributed by atoms with Crippen molar-refractivity contribution in [2.24, 2.45) is 0 Å². The third kappa shape index (κ3) is 4.75. The van der Waals surface area contributed by atoms with Gasteiger partial charge in [-0.1, -0.05) is 36.4 Å². The number of hydrogen-bond donors (Lipinski definition) is 3. The standard InChI is InChI=1S/C25H23N3O3/c1-17-20(21-11-5-6-12-22(21)27-17)13-14-26-25(30)23(16-19-10-7-15-31-19)28-24(29)18-8-3-2-4-9-18/h2-12,15-16,27H,13-14H2,1H3,(H,26,30)(H,28,29)/b23-16-. The minimum Gasteiger partial charge on any atom is -0.465 e. The highest BCUT2D eigenvalue weighted by atomic mass is 16.3. The molecule has 0 aliphatic rings. The number of hydrogen-bond acceptors (Lipinski definition) is 3. The van der Waals surface area contributed by atoms with E-state index in [2.05, 4.69) is 21.7 Å². The minimum absolute atomic E-state index is 0.124. The van der Waals surface area contributed by atoms with E-state index in [0.29, 0.717) is 24.3 Å². The Balaban J connectivity index is 1.47. The lowest BCUT2D eigenvalue weighted by atomic mass is 10.1. The molecule has 2 amide bonds. The van der Waals surface area contributed by atoms with Gasteiger partial charge in [-0.25, -0.2) is 0 Å². The average Bonchev–Trinajstić information content (AvgIpc) is 3.41. The Labute approximate surface area is 180 Å². The number of carbonyl (C=O) groups excluding carboxylic acids is 2. The molecule has 2 aromatic carbocycles. The summed E-state index contributed by atoms with van der Waals surface area (Å²) in [4.78, 5) is 28.8. The molecule has 2 heterocycles. The van der Waals surface area contributed by atoms with Crippen molar-refractivity contribution in [3.8, 4) is 0 Å². The van der Waals surface area contributed by atoms with Gasteiger partial charge in [-0.15, -0.1) is 0 Å². The van der Waals surface area contributed by atoms with Crippen LogP contribution < -0.4 is 10.6 Å². The molecular formula is C25H23N3O3. The van der Waals surface area contributed by atoms with E-state index in [1.807, 2.05) is 31.2 Å². The quantitative estimate of drug-likeness (QED) is 0.397. The fraction of sp³-hybridized carbons (Fsp3) is 0.120. The Morgan fingerprint density at radius 3 is 2.55 bits per heavy atom. The maximum Gasteiger partial charge on any atom is 0.267 e. The fourth-order valence-electron chi connectivity index (χ4n) is 3.51. The first-order valence-corrected chi connectivity index (χ1v) is 10.1. The summed E-state index contributed by atoms with van der Waals surface area (Å²) in [6.07, 6.45) is 3.70. The van der Waals surface area contributed by atoms with Gasteiger partial charge in [0, 0.05) is 34.8 Å². The average molecular weight is 413 g/mol. The first-order chi connectivity index (χ1) is 15.1. The Kier molecular flexibility index (Phi) is 5.98. The molecule has 0 aliphatic heterocycles.